The van der Waals surface area contributed by atoms with E-state index in [-0.39, 0.29) is 5.78 Å². The fourth-order valence-corrected chi connectivity index (χ4v) is 3.49. The smallest absolute Gasteiger partial charge is 0.195 e. The Morgan fingerprint density at radius 1 is 0.875 bits per heavy atom. The number of carbonyl (C=O) groups excluding carboxylic acids is 1. The van der Waals surface area contributed by atoms with Gasteiger partial charge in [-0.25, -0.2) is 0 Å². The number of rotatable bonds is 2. The molecular formula is C20H13NO3. The number of nitriles is 1. The summed E-state index contributed by atoms with van der Waals surface area (Å²) in [6, 6.07) is 15.0. The third-order valence-electron chi connectivity index (χ3n) is 4.45. The van der Waals surface area contributed by atoms with E-state index in [1.807, 2.05) is 30.3 Å². The van der Waals surface area contributed by atoms with Gasteiger partial charge in [0.1, 0.15) is 23.1 Å². The summed E-state index contributed by atoms with van der Waals surface area (Å²) in [5.74, 6) is 0.942. The molecule has 0 fully saturated rings. The Morgan fingerprint density at radius 2 is 1.62 bits per heavy atom. The van der Waals surface area contributed by atoms with Gasteiger partial charge < -0.3 is 9.47 Å². The van der Waals surface area contributed by atoms with E-state index in [0.717, 1.165) is 10.8 Å². The van der Waals surface area contributed by atoms with Crippen molar-refractivity contribution in [1.29, 1.82) is 5.26 Å². The topological polar surface area (TPSA) is 59.3 Å². The van der Waals surface area contributed by atoms with Gasteiger partial charge in [0.2, 0.25) is 0 Å². The van der Waals surface area contributed by atoms with E-state index in [0.29, 0.717) is 39.3 Å². The Bertz CT molecular complexity index is 1060. The van der Waals surface area contributed by atoms with Gasteiger partial charge in [0.15, 0.2) is 5.78 Å². The summed E-state index contributed by atoms with van der Waals surface area (Å²) in [7, 11) is 3.08. The number of nitrogens with zero attached hydrogens (tertiary/aromatic N) is 1. The number of hydrogen-bond acceptors (Lipinski definition) is 4. The van der Waals surface area contributed by atoms with Gasteiger partial charge in [-0.05, 0) is 11.5 Å². The van der Waals surface area contributed by atoms with Gasteiger partial charge in [-0.3, -0.25) is 4.79 Å². The van der Waals surface area contributed by atoms with Crippen LogP contribution in [0.5, 0.6) is 11.5 Å². The number of ketones is 1. The molecule has 0 amide bonds. The van der Waals surface area contributed by atoms with E-state index in [1.54, 1.807) is 19.2 Å². The van der Waals surface area contributed by atoms with Gasteiger partial charge in [-0.2, -0.15) is 5.26 Å². The lowest BCUT2D eigenvalue weighted by molar-refractivity contribution is 0.104. The molecule has 0 aliphatic heterocycles. The first-order valence-corrected chi connectivity index (χ1v) is 7.47. The molecule has 4 nitrogen and oxygen atoms in total. The zero-order chi connectivity index (χ0) is 16.8. The Morgan fingerprint density at radius 3 is 2.29 bits per heavy atom. The molecule has 1 aliphatic carbocycles. The van der Waals surface area contributed by atoms with E-state index in [9.17, 15) is 10.1 Å². The molecule has 4 heteroatoms. The average Bonchev–Trinajstić information content (AvgIpc) is 2.94. The van der Waals surface area contributed by atoms with Crippen LogP contribution in [-0.4, -0.2) is 20.0 Å². The van der Waals surface area contributed by atoms with Crippen molar-refractivity contribution in [2.24, 2.45) is 0 Å². The van der Waals surface area contributed by atoms with E-state index >= 15 is 0 Å². The van der Waals surface area contributed by atoms with Gasteiger partial charge in [0.05, 0.1) is 14.2 Å². The first kappa shape index (κ1) is 14.3. The summed E-state index contributed by atoms with van der Waals surface area (Å²) >= 11 is 0. The third kappa shape index (κ3) is 1.64. The highest BCUT2D eigenvalue weighted by Gasteiger charge is 2.35. The summed E-state index contributed by atoms with van der Waals surface area (Å²) in [6.45, 7) is 0. The molecule has 0 N–H and O–H groups in total. The Labute approximate surface area is 138 Å². The zero-order valence-corrected chi connectivity index (χ0v) is 13.2. The van der Waals surface area contributed by atoms with Crippen molar-refractivity contribution in [3.63, 3.8) is 0 Å². The van der Waals surface area contributed by atoms with Crippen LogP contribution < -0.4 is 9.47 Å². The Kier molecular flexibility index (Phi) is 3.04. The van der Waals surface area contributed by atoms with Crippen molar-refractivity contribution < 1.29 is 14.3 Å². The number of carbonyl (C=O) groups is 1. The van der Waals surface area contributed by atoms with Crippen molar-refractivity contribution in [3.05, 3.63) is 59.2 Å². The molecule has 0 saturated heterocycles. The van der Waals surface area contributed by atoms with Crippen LogP contribution in [-0.2, 0) is 0 Å². The molecule has 0 bridgehead atoms. The summed E-state index contributed by atoms with van der Waals surface area (Å²) in [4.78, 5) is 13.0. The highest BCUT2D eigenvalue weighted by Crippen LogP contribution is 2.51. The van der Waals surface area contributed by atoms with E-state index in [2.05, 4.69) is 6.07 Å². The number of ether oxygens (including phenoxy) is 2. The van der Waals surface area contributed by atoms with Crippen LogP contribution in [0.25, 0.3) is 21.9 Å². The molecule has 4 rings (SSSR count). The van der Waals surface area contributed by atoms with E-state index < -0.39 is 0 Å². The molecule has 0 heterocycles. The number of fused-ring (bicyclic) bond motifs is 5. The summed E-state index contributed by atoms with van der Waals surface area (Å²) in [5.41, 5.74) is 2.91. The molecule has 1 aliphatic rings. The van der Waals surface area contributed by atoms with Crippen LogP contribution in [0.15, 0.2) is 42.5 Å². The van der Waals surface area contributed by atoms with Crippen LogP contribution in [0.4, 0.5) is 0 Å². The molecule has 3 aromatic carbocycles. The SMILES string of the molecule is COc1cccc2c1-c1c(OC)c(C#N)c3ccccc3c1C2=O. The van der Waals surface area contributed by atoms with Crippen LogP contribution in [0.1, 0.15) is 21.5 Å². The van der Waals surface area contributed by atoms with Crippen LogP contribution >= 0.6 is 0 Å². The Balaban J connectivity index is 2.28. The standard InChI is InChI=1S/C20H13NO3/c1-23-15-9-5-8-13-16(15)18-17(19(13)22)12-7-4-3-6-11(12)14(10-21)20(18)24-2/h3-9H,1-2H3. The highest BCUT2D eigenvalue weighted by atomic mass is 16.5. The summed E-state index contributed by atoms with van der Waals surface area (Å²) < 4.78 is 11.0. The van der Waals surface area contributed by atoms with Crippen LogP contribution in [0.3, 0.4) is 0 Å². The molecular weight excluding hydrogens is 302 g/mol. The van der Waals surface area contributed by atoms with Gasteiger partial charge >= 0.3 is 0 Å². The third-order valence-corrected chi connectivity index (χ3v) is 4.45. The second-order valence-corrected chi connectivity index (χ2v) is 5.53. The number of benzene rings is 3. The molecule has 0 aromatic heterocycles. The minimum absolute atomic E-state index is 0.0714. The number of hydrogen-bond donors (Lipinski definition) is 0. The second-order valence-electron chi connectivity index (χ2n) is 5.53. The predicted molar refractivity (Wildman–Crippen MR) is 90.6 cm³/mol. The maximum atomic E-state index is 13.0. The molecule has 24 heavy (non-hydrogen) atoms. The summed E-state index contributed by atoms with van der Waals surface area (Å²) in [5, 5.41) is 11.1. The molecule has 0 atom stereocenters. The molecule has 0 spiro atoms. The van der Waals surface area contributed by atoms with E-state index in [1.165, 1.54) is 7.11 Å². The lowest BCUT2D eigenvalue weighted by Gasteiger charge is -2.15. The lowest BCUT2D eigenvalue weighted by Crippen LogP contribution is -1.99. The second kappa shape index (κ2) is 5.10. The summed E-state index contributed by atoms with van der Waals surface area (Å²) in [6.07, 6.45) is 0. The maximum absolute atomic E-state index is 13.0. The first-order valence-electron chi connectivity index (χ1n) is 7.47. The van der Waals surface area contributed by atoms with E-state index in [4.69, 9.17) is 9.47 Å². The number of methoxy groups -OCH3 is 2. The fourth-order valence-electron chi connectivity index (χ4n) is 3.49. The van der Waals surface area contributed by atoms with Crippen molar-refractivity contribution in [2.45, 2.75) is 0 Å². The quantitative estimate of drug-likeness (QED) is 0.562. The lowest BCUT2D eigenvalue weighted by atomic mass is 9.93. The van der Waals surface area contributed by atoms with Gasteiger partial charge in [-0.1, -0.05) is 36.4 Å². The van der Waals surface area contributed by atoms with Gasteiger partial charge in [0.25, 0.3) is 0 Å². The van der Waals surface area contributed by atoms with Gasteiger partial charge in [-0.15, -0.1) is 0 Å². The Hall–Kier alpha value is -3.32. The monoisotopic (exact) mass is 315 g/mol. The van der Waals surface area contributed by atoms with Crippen LogP contribution in [0, 0.1) is 11.3 Å². The minimum Gasteiger partial charge on any atom is -0.496 e. The zero-order valence-electron chi connectivity index (χ0n) is 13.2. The fraction of sp³-hybridized carbons (Fsp3) is 0.100. The first-order chi connectivity index (χ1) is 11.7. The normalized spacial score (nSPS) is 11.8. The van der Waals surface area contributed by atoms with Crippen LogP contribution in [0.2, 0.25) is 0 Å². The minimum atomic E-state index is -0.0714. The maximum Gasteiger partial charge on any atom is 0.195 e. The molecule has 0 radical (unpaired) electrons. The van der Waals surface area contributed by atoms with Crippen molar-refractivity contribution in [1.82, 2.24) is 0 Å². The average molecular weight is 315 g/mol. The van der Waals surface area contributed by atoms with Crippen molar-refractivity contribution in [2.75, 3.05) is 14.2 Å². The molecule has 0 saturated carbocycles. The largest absolute Gasteiger partial charge is 0.496 e. The van der Waals surface area contributed by atoms with Crippen molar-refractivity contribution >= 4 is 16.6 Å². The molecule has 3 aromatic rings. The predicted octanol–water partition coefficient (Wildman–Crippen LogP) is 3.94. The highest BCUT2D eigenvalue weighted by molar-refractivity contribution is 6.30. The molecule has 116 valence electrons. The molecule has 0 unspecified atom stereocenters. The van der Waals surface area contributed by atoms with Gasteiger partial charge in [0, 0.05) is 27.6 Å². The van der Waals surface area contributed by atoms with Crippen molar-refractivity contribution in [3.8, 4) is 28.7 Å².